The largest absolute Gasteiger partial charge is 0.342 e. The molecule has 5 saturated heterocycles. The number of fused-ring (bicyclic) bond motifs is 4. The second-order valence-electron chi connectivity index (χ2n) is 12.3. The van der Waals surface area contributed by atoms with Gasteiger partial charge in [0.05, 0.1) is 0 Å². The number of hydrogen-bond acceptors (Lipinski definition) is 3. The molecule has 0 saturated carbocycles. The summed E-state index contributed by atoms with van der Waals surface area (Å²) < 4.78 is 0. The molecule has 37 heavy (non-hydrogen) atoms. The van der Waals surface area contributed by atoms with Gasteiger partial charge in [-0.15, -0.1) is 0 Å². The first kappa shape index (κ1) is 24.7. The number of carbonyl (C=O) groups is 3. The molecule has 5 aliphatic heterocycles. The molecular weight excluding hydrogens is 464 g/mol. The zero-order chi connectivity index (χ0) is 25.4. The lowest BCUT2D eigenvalue weighted by Crippen LogP contribution is -2.62. The van der Waals surface area contributed by atoms with Gasteiger partial charge in [-0.2, -0.15) is 0 Å². The third kappa shape index (κ3) is 5.23. The van der Waals surface area contributed by atoms with Crippen LogP contribution in [0.25, 0.3) is 0 Å². The van der Waals surface area contributed by atoms with Crippen molar-refractivity contribution in [2.75, 3.05) is 45.8 Å². The molecule has 1 aromatic carbocycles. The molecule has 0 aliphatic carbocycles. The fraction of sp³-hybridized carbons (Fsp3) is 0.700. The molecular formula is C30H42N4O3. The molecule has 7 heteroatoms. The molecule has 3 atom stereocenters. The summed E-state index contributed by atoms with van der Waals surface area (Å²) in [5, 5.41) is 0. The first-order chi connectivity index (χ1) is 18.0. The smallest absolute Gasteiger partial charge is 0.320 e. The zero-order valence-electron chi connectivity index (χ0n) is 22.1. The minimum absolute atomic E-state index is 0.0530. The van der Waals surface area contributed by atoms with E-state index in [2.05, 4.69) is 45.0 Å². The molecule has 0 aromatic heterocycles. The molecule has 5 aliphatic rings. The Hall–Kier alpha value is -2.57. The van der Waals surface area contributed by atoms with Crippen LogP contribution in [0.2, 0.25) is 0 Å². The van der Waals surface area contributed by atoms with E-state index in [-0.39, 0.29) is 11.9 Å². The minimum Gasteiger partial charge on any atom is -0.342 e. The highest BCUT2D eigenvalue weighted by Crippen LogP contribution is 2.38. The molecule has 5 fully saturated rings. The normalized spacial score (nSPS) is 29.3. The number of hydrogen-bond donors (Lipinski definition) is 0. The van der Waals surface area contributed by atoms with E-state index in [0.29, 0.717) is 55.1 Å². The van der Waals surface area contributed by atoms with E-state index in [1.165, 1.54) is 5.56 Å². The Kier molecular flexibility index (Phi) is 7.13. The molecule has 0 radical (unpaired) electrons. The number of benzene rings is 1. The molecule has 0 N–H and O–H groups in total. The van der Waals surface area contributed by atoms with Gasteiger partial charge in [0.2, 0.25) is 11.8 Å². The van der Waals surface area contributed by atoms with Crippen molar-refractivity contribution in [3.63, 3.8) is 0 Å². The summed E-state index contributed by atoms with van der Waals surface area (Å²) in [7, 11) is 0. The summed E-state index contributed by atoms with van der Waals surface area (Å²) in [6.07, 6.45) is 8.74. The standard InChI is InChI=1S/C30H42N4O3/c35-28-8-4-7-27-26-18-24(20-34(27)28)19-33(21-26)30(37)32-15-11-25(12-16-32)29(36)31-13-9-23(10-14-31)17-22-5-2-1-3-6-22/h1-3,5-6,23-27H,4,7-21H2/t24-,26+,27+/m0/s1. The molecule has 4 amide bonds. The summed E-state index contributed by atoms with van der Waals surface area (Å²) >= 11 is 0. The average molecular weight is 507 g/mol. The van der Waals surface area contributed by atoms with Gasteiger partial charge in [0, 0.05) is 64.2 Å². The Balaban J connectivity index is 0.967. The maximum Gasteiger partial charge on any atom is 0.320 e. The quantitative estimate of drug-likeness (QED) is 0.629. The van der Waals surface area contributed by atoms with E-state index in [0.717, 1.165) is 84.1 Å². The van der Waals surface area contributed by atoms with Gasteiger partial charge in [-0.25, -0.2) is 4.79 Å². The first-order valence-electron chi connectivity index (χ1n) is 14.7. The SMILES string of the molecule is O=C(C1CCN(C(=O)N2C[C@@H]3C[C@H](C2)[C@H]2CCCC(=O)N2C3)CC1)N1CCC(Cc2ccccc2)CC1. The fourth-order valence-corrected chi connectivity index (χ4v) is 7.85. The van der Waals surface area contributed by atoms with Crippen LogP contribution in [0.3, 0.4) is 0 Å². The van der Waals surface area contributed by atoms with Crippen LogP contribution in [0, 0.1) is 23.7 Å². The Morgan fingerprint density at radius 3 is 2.30 bits per heavy atom. The van der Waals surface area contributed by atoms with E-state index in [4.69, 9.17) is 0 Å². The average Bonchev–Trinajstić information content (AvgIpc) is 2.94. The van der Waals surface area contributed by atoms with Gasteiger partial charge < -0.3 is 19.6 Å². The topological polar surface area (TPSA) is 64.2 Å². The molecule has 200 valence electrons. The molecule has 0 spiro atoms. The molecule has 6 rings (SSSR count). The molecule has 5 heterocycles. The molecule has 7 nitrogen and oxygen atoms in total. The highest BCUT2D eigenvalue weighted by atomic mass is 16.2. The molecule has 0 unspecified atom stereocenters. The first-order valence-corrected chi connectivity index (χ1v) is 14.7. The van der Waals surface area contributed by atoms with Crippen molar-refractivity contribution in [1.29, 1.82) is 0 Å². The monoisotopic (exact) mass is 506 g/mol. The van der Waals surface area contributed by atoms with Gasteiger partial charge in [-0.1, -0.05) is 30.3 Å². The second kappa shape index (κ2) is 10.7. The van der Waals surface area contributed by atoms with Crippen molar-refractivity contribution >= 4 is 17.8 Å². The summed E-state index contributed by atoms with van der Waals surface area (Å²) in [5.74, 6) is 2.17. The van der Waals surface area contributed by atoms with Crippen molar-refractivity contribution in [2.24, 2.45) is 23.7 Å². The van der Waals surface area contributed by atoms with E-state index >= 15 is 0 Å². The highest BCUT2D eigenvalue weighted by molar-refractivity contribution is 5.80. The number of urea groups is 1. The summed E-state index contributed by atoms with van der Waals surface area (Å²) in [6, 6.07) is 11.2. The maximum absolute atomic E-state index is 13.4. The number of nitrogens with zero attached hydrogens (tertiary/aromatic N) is 4. The van der Waals surface area contributed by atoms with Gasteiger partial charge in [0.1, 0.15) is 0 Å². The van der Waals surface area contributed by atoms with E-state index in [9.17, 15) is 14.4 Å². The summed E-state index contributed by atoms with van der Waals surface area (Å²) in [4.78, 5) is 47.4. The van der Waals surface area contributed by atoms with Crippen LogP contribution in [0.4, 0.5) is 4.79 Å². The third-order valence-electron chi connectivity index (χ3n) is 9.86. The number of piperidine rings is 5. The predicted molar refractivity (Wildman–Crippen MR) is 142 cm³/mol. The number of carbonyl (C=O) groups excluding carboxylic acids is 3. The van der Waals surface area contributed by atoms with Crippen LogP contribution < -0.4 is 0 Å². The van der Waals surface area contributed by atoms with Crippen LogP contribution in [0.15, 0.2) is 30.3 Å². The fourth-order valence-electron chi connectivity index (χ4n) is 7.85. The van der Waals surface area contributed by atoms with E-state index in [1.54, 1.807) is 0 Å². The zero-order valence-corrected chi connectivity index (χ0v) is 22.1. The van der Waals surface area contributed by atoms with Crippen molar-refractivity contribution in [2.45, 2.75) is 63.8 Å². The molecule has 1 aromatic rings. The Morgan fingerprint density at radius 2 is 1.54 bits per heavy atom. The van der Waals surface area contributed by atoms with E-state index in [1.807, 2.05) is 4.90 Å². The summed E-state index contributed by atoms with van der Waals surface area (Å²) in [6.45, 7) is 5.46. The van der Waals surface area contributed by atoms with Crippen molar-refractivity contribution in [3.05, 3.63) is 35.9 Å². The van der Waals surface area contributed by atoms with Crippen LogP contribution in [0.1, 0.15) is 56.9 Å². The summed E-state index contributed by atoms with van der Waals surface area (Å²) in [5.41, 5.74) is 1.39. The predicted octanol–water partition coefficient (Wildman–Crippen LogP) is 3.63. The van der Waals surface area contributed by atoms with Gasteiger partial charge in [0.15, 0.2) is 0 Å². The highest BCUT2D eigenvalue weighted by Gasteiger charge is 2.45. The van der Waals surface area contributed by atoms with Crippen molar-refractivity contribution in [1.82, 2.24) is 19.6 Å². The van der Waals surface area contributed by atoms with Gasteiger partial charge in [-0.3, -0.25) is 9.59 Å². The lowest BCUT2D eigenvalue weighted by atomic mass is 9.76. The Bertz CT molecular complexity index is 984. The van der Waals surface area contributed by atoms with Gasteiger partial charge in [-0.05, 0) is 74.7 Å². The lowest BCUT2D eigenvalue weighted by molar-refractivity contribution is -0.144. The molecule has 2 bridgehead atoms. The lowest BCUT2D eigenvalue weighted by Gasteiger charge is -2.53. The van der Waals surface area contributed by atoms with Gasteiger partial charge in [0.25, 0.3) is 0 Å². The Morgan fingerprint density at radius 1 is 0.811 bits per heavy atom. The van der Waals surface area contributed by atoms with E-state index < -0.39 is 0 Å². The van der Waals surface area contributed by atoms with Crippen LogP contribution >= 0.6 is 0 Å². The number of rotatable bonds is 3. The minimum atomic E-state index is 0.0530. The van der Waals surface area contributed by atoms with Gasteiger partial charge >= 0.3 is 6.03 Å². The van der Waals surface area contributed by atoms with Crippen LogP contribution in [-0.2, 0) is 16.0 Å². The number of likely N-dealkylation sites (tertiary alicyclic amines) is 3. The number of amides is 4. The van der Waals surface area contributed by atoms with Crippen LogP contribution in [-0.4, -0.2) is 89.3 Å². The van der Waals surface area contributed by atoms with Crippen molar-refractivity contribution in [3.8, 4) is 0 Å². The van der Waals surface area contributed by atoms with Crippen molar-refractivity contribution < 1.29 is 14.4 Å². The van der Waals surface area contributed by atoms with Crippen LogP contribution in [0.5, 0.6) is 0 Å². The third-order valence-corrected chi connectivity index (χ3v) is 9.86. The second-order valence-corrected chi connectivity index (χ2v) is 12.3. The maximum atomic E-state index is 13.4. The Labute approximate surface area is 221 Å².